The minimum absolute atomic E-state index is 0.155. The Bertz CT molecular complexity index is 1300. The van der Waals surface area contributed by atoms with Gasteiger partial charge in [-0.2, -0.15) is 0 Å². The van der Waals surface area contributed by atoms with Gasteiger partial charge in [-0.3, -0.25) is 0 Å². The quantitative estimate of drug-likeness (QED) is 0.225. The number of H-pyrrole nitrogens is 4. The highest BCUT2D eigenvalue weighted by molar-refractivity contribution is 7.72. The minimum Gasteiger partial charge on any atom is -0.336 e. The molecule has 0 atom stereocenters. The number of nitrogens with one attached hydrogen (secondary N) is 4. The number of benzene rings is 2. The summed E-state index contributed by atoms with van der Waals surface area (Å²) in [6, 6.07) is 25.1. The molecule has 4 nitrogen and oxygen atoms in total. The monoisotopic (exact) mass is 492 g/mol. The van der Waals surface area contributed by atoms with Gasteiger partial charge in [-0.15, -0.1) is 0 Å². The number of aromatic amines is 4. The lowest BCUT2D eigenvalue weighted by molar-refractivity contribution is 0.219. The fraction of sp³-hybridized carbons (Fsp3) is 0.167. The second kappa shape index (κ2) is 8.78. The molecule has 4 N–H and O–H groups in total. The molecule has 1 saturated carbocycles. The van der Waals surface area contributed by atoms with Crippen LogP contribution < -0.4 is 0 Å². The Morgan fingerprint density at radius 3 is 1.19 bits per heavy atom. The van der Waals surface area contributed by atoms with Gasteiger partial charge in [0, 0.05) is 35.1 Å². The maximum absolute atomic E-state index is 5.47. The van der Waals surface area contributed by atoms with Crippen molar-refractivity contribution in [1.82, 2.24) is 19.9 Å². The summed E-state index contributed by atoms with van der Waals surface area (Å²) in [5.74, 6) is 0.683. The van der Waals surface area contributed by atoms with Crippen molar-refractivity contribution in [3.05, 3.63) is 114 Å². The molecule has 4 aromatic rings. The summed E-state index contributed by atoms with van der Waals surface area (Å²) in [5, 5.41) is 0. The second-order valence-corrected chi connectivity index (χ2v) is 9.71. The highest BCUT2D eigenvalue weighted by Crippen LogP contribution is 2.65. The van der Waals surface area contributed by atoms with E-state index in [1.54, 1.807) is 0 Å². The maximum Gasteiger partial charge on any atom is 0.175 e. The average Bonchev–Trinajstić information content (AvgIpc) is 2.73. The van der Waals surface area contributed by atoms with Crippen molar-refractivity contribution in [1.29, 1.82) is 0 Å². The zero-order valence-electron chi connectivity index (χ0n) is 16.9. The largest absolute Gasteiger partial charge is 0.336 e. The van der Waals surface area contributed by atoms with Gasteiger partial charge in [0.15, 0.2) is 9.54 Å². The van der Waals surface area contributed by atoms with E-state index in [9.17, 15) is 0 Å². The third kappa shape index (κ3) is 3.99. The van der Waals surface area contributed by atoms with E-state index in [2.05, 4.69) is 68.5 Å². The smallest absolute Gasteiger partial charge is 0.175 e. The number of hydrogen-bond acceptors (Lipinski definition) is 4. The van der Waals surface area contributed by atoms with Crippen LogP contribution in [0.3, 0.4) is 0 Å². The first-order valence-corrected chi connectivity index (χ1v) is 11.9. The van der Waals surface area contributed by atoms with Gasteiger partial charge in [0.05, 0.1) is 0 Å². The van der Waals surface area contributed by atoms with Crippen molar-refractivity contribution in [2.75, 3.05) is 0 Å². The van der Waals surface area contributed by atoms with E-state index in [1.807, 2.05) is 24.3 Å². The van der Waals surface area contributed by atoms with Crippen LogP contribution in [0.25, 0.3) is 0 Å². The molecule has 0 spiro atoms. The molecule has 8 heteroatoms. The van der Waals surface area contributed by atoms with Crippen molar-refractivity contribution in [2.45, 2.75) is 23.7 Å². The van der Waals surface area contributed by atoms with E-state index in [4.69, 9.17) is 48.9 Å². The number of hydrogen-bond donors (Lipinski definition) is 4. The third-order valence-electron chi connectivity index (χ3n) is 6.20. The van der Waals surface area contributed by atoms with Gasteiger partial charge >= 0.3 is 0 Å². The summed E-state index contributed by atoms with van der Waals surface area (Å²) in [5.41, 5.74) is 4.59. The molecule has 0 radical (unpaired) electrons. The van der Waals surface area contributed by atoms with Crippen LogP contribution in [0, 0.1) is 18.8 Å². The van der Waals surface area contributed by atoms with E-state index in [0.717, 1.165) is 11.4 Å². The van der Waals surface area contributed by atoms with Gasteiger partial charge in [-0.25, -0.2) is 0 Å². The molecule has 1 aliphatic rings. The molecule has 0 aliphatic heterocycles. The fourth-order valence-corrected chi connectivity index (χ4v) is 6.08. The summed E-state index contributed by atoms with van der Waals surface area (Å²) in [6.07, 6.45) is 0. The van der Waals surface area contributed by atoms with Crippen LogP contribution in [0.4, 0.5) is 0 Å². The topological polar surface area (TPSA) is 63.2 Å². The minimum atomic E-state index is 0.155. The molecule has 2 aromatic carbocycles. The molecule has 0 amide bonds. The Hall–Kier alpha value is -2.52. The molecular weight excluding hydrogens is 473 g/mol. The van der Waals surface area contributed by atoms with E-state index in [0.29, 0.717) is 18.8 Å². The number of aromatic nitrogens is 4. The highest BCUT2D eigenvalue weighted by atomic mass is 32.1. The lowest BCUT2D eigenvalue weighted by Gasteiger charge is -2.53. The van der Waals surface area contributed by atoms with Gasteiger partial charge < -0.3 is 19.9 Å². The van der Waals surface area contributed by atoms with Crippen molar-refractivity contribution in [2.24, 2.45) is 0 Å². The summed E-state index contributed by atoms with van der Waals surface area (Å²) >= 11 is 21.8. The Balaban J connectivity index is 1.76. The van der Waals surface area contributed by atoms with Crippen LogP contribution in [0.1, 0.15) is 46.2 Å². The predicted octanol–water partition coefficient (Wildman–Crippen LogP) is 7.37. The van der Waals surface area contributed by atoms with Gasteiger partial charge in [0.2, 0.25) is 0 Å². The van der Waals surface area contributed by atoms with Crippen LogP contribution in [0.15, 0.2) is 72.8 Å². The standard InChI is InChI=1S/C24H20N4S4/c29-17-11-15(25-23(31)27-17)21-19(13-7-3-1-4-8-13)22(16-12-18(30)28-24(32)26-16)20(21)14-9-5-2-6-10-14/h1-12,19-22H,(H2,25,27,29,31)(H2,26,28,30,32). The summed E-state index contributed by atoms with van der Waals surface area (Å²) < 4.78 is 2.34. The normalized spacial score (nSPS) is 22.2. The molecule has 2 heterocycles. The van der Waals surface area contributed by atoms with E-state index < -0.39 is 0 Å². The van der Waals surface area contributed by atoms with E-state index in [-0.39, 0.29) is 23.7 Å². The Kier molecular flexibility index (Phi) is 5.86. The van der Waals surface area contributed by atoms with Gasteiger partial charge in [-0.05, 0) is 47.7 Å². The Morgan fingerprint density at radius 1 is 0.469 bits per heavy atom. The molecule has 1 aliphatic carbocycles. The van der Waals surface area contributed by atoms with Crippen LogP contribution in [0.2, 0.25) is 0 Å². The van der Waals surface area contributed by atoms with E-state index in [1.165, 1.54) is 11.1 Å². The Labute approximate surface area is 205 Å². The molecular formula is C24H20N4S4. The highest BCUT2D eigenvalue weighted by Gasteiger charge is 2.53. The van der Waals surface area contributed by atoms with Crippen molar-refractivity contribution >= 4 is 48.9 Å². The first-order valence-electron chi connectivity index (χ1n) is 10.3. The van der Waals surface area contributed by atoms with Gasteiger partial charge in [0.25, 0.3) is 0 Å². The second-order valence-electron chi connectivity index (χ2n) is 8.01. The zero-order chi connectivity index (χ0) is 22.2. The van der Waals surface area contributed by atoms with E-state index >= 15 is 0 Å². The van der Waals surface area contributed by atoms with Crippen LogP contribution in [-0.2, 0) is 0 Å². The zero-order valence-corrected chi connectivity index (χ0v) is 20.1. The van der Waals surface area contributed by atoms with Crippen LogP contribution in [0.5, 0.6) is 0 Å². The SMILES string of the molecule is S=c1cc(C2C(c3ccccc3)C(c3cc(=S)[nH]c(=S)[nH]3)C2c2ccccc2)[nH]c(=S)[nH]1. The lowest BCUT2D eigenvalue weighted by Crippen LogP contribution is -2.41. The van der Waals surface area contributed by atoms with Crippen LogP contribution >= 0.6 is 48.9 Å². The third-order valence-corrected chi connectivity index (χ3v) is 7.05. The summed E-state index contributed by atoms with van der Waals surface area (Å²) in [4.78, 5) is 12.8. The molecule has 32 heavy (non-hydrogen) atoms. The van der Waals surface area contributed by atoms with Crippen molar-refractivity contribution < 1.29 is 0 Å². The molecule has 2 aromatic heterocycles. The van der Waals surface area contributed by atoms with Crippen LogP contribution in [-0.4, -0.2) is 19.9 Å². The molecule has 1 fully saturated rings. The first-order chi connectivity index (χ1) is 15.5. The summed E-state index contributed by atoms with van der Waals surface area (Å²) in [7, 11) is 0. The van der Waals surface area contributed by atoms with Gasteiger partial charge in [-0.1, -0.05) is 85.1 Å². The Morgan fingerprint density at radius 2 is 0.844 bits per heavy atom. The molecule has 0 unspecified atom stereocenters. The first kappa shape index (κ1) is 21.3. The molecule has 5 rings (SSSR count). The fourth-order valence-electron chi connectivity index (χ4n) is 5.04. The lowest BCUT2D eigenvalue weighted by atomic mass is 9.50. The predicted molar refractivity (Wildman–Crippen MR) is 137 cm³/mol. The average molecular weight is 493 g/mol. The van der Waals surface area contributed by atoms with Gasteiger partial charge in [0.1, 0.15) is 9.28 Å². The van der Waals surface area contributed by atoms with Crippen molar-refractivity contribution in [3.8, 4) is 0 Å². The maximum atomic E-state index is 5.47. The molecule has 0 bridgehead atoms. The van der Waals surface area contributed by atoms with Crippen molar-refractivity contribution in [3.63, 3.8) is 0 Å². The molecule has 160 valence electrons. The molecule has 0 saturated heterocycles. The number of rotatable bonds is 4. The summed E-state index contributed by atoms with van der Waals surface area (Å²) in [6.45, 7) is 0.